The number of nitrogens with zero attached hydrogens (tertiary/aromatic N) is 1. The molecule has 1 fully saturated rings. The van der Waals surface area contributed by atoms with Crippen molar-refractivity contribution in [2.45, 2.75) is 24.5 Å². The van der Waals surface area contributed by atoms with Crippen LogP contribution in [0.25, 0.3) is 11.3 Å². The van der Waals surface area contributed by atoms with Crippen molar-refractivity contribution in [1.29, 1.82) is 0 Å². The third-order valence-electron chi connectivity index (χ3n) is 3.43. The molecule has 1 heterocycles. The Morgan fingerprint density at radius 2 is 1.95 bits per heavy atom. The molecule has 5 nitrogen and oxygen atoms in total. The Hall–Kier alpha value is -2.08. The van der Waals surface area contributed by atoms with Crippen LogP contribution in [0.1, 0.15) is 19.3 Å². The number of benzene rings is 1. The molecule has 3 rings (SSSR count). The number of hydrogen-bond acceptors (Lipinski definition) is 4. The number of aromatic amines is 1. The number of thioether (sulfide) groups is 1. The van der Waals surface area contributed by atoms with Gasteiger partial charge in [-0.1, -0.05) is 30.3 Å². The largest absolute Gasteiger partial charge is 0.317 e. The number of carbonyl (C=O) groups excluding carboxylic acids is 1. The summed E-state index contributed by atoms with van der Waals surface area (Å²) >= 11 is 1.38. The minimum Gasteiger partial charge on any atom is -0.317 e. The SMILES string of the molecule is O=C(Nc1ccc(-c2ccc(=O)[nH]n2)cc1)SC1CCC1. The van der Waals surface area contributed by atoms with Gasteiger partial charge in [0.25, 0.3) is 10.8 Å². The summed E-state index contributed by atoms with van der Waals surface area (Å²) in [4.78, 5) is 22.8. The van der Waals surface area contributed by atoms with Gasteiger partial charge in [0, 0.05) is 22.6 Å². The number of hydrogen-bond donors (Lipinski definition) is 2. The van der Waals surface area contributed by atoms with Crippen molar-refractivity contribution in [1.82, 2.24) is 10.2 Å². The first kappa shape index (κ1) is 13.9. The first-order valence-electron chi connectivity index (χ1n) is 6.84. The zero-order chi connectivity index (χ0) is 14.7. The minimum atomic E-state index is -0.226. The van der Waals surface area contributed by atoms with Crippen molar-refractivity contribution in [3.63, 3.8) is 0 Å². The fourth-order valence-corrected chi connectivity index (χ4v) is 3.07. The molecule has 0 unspecified atom stereocenters. The molecule has 6 heteroatoms. The number of nitrogens with one attached hydrogen (secondary N) is 2. The molecule has 2 aromatic rings. The highest BCUT2D eigenvalue weighted by molar-refractivity contribution is 8.14. The highest BCUT2D eigenvalue weighted by Crippen LogP contribution is 2.32. The monoisotopic (exact) mass is 301 g/mol. The van der Waals surface area contributed by atoms with Crippen LogP contribution in [0.2, 0.25) is 0 Å². The third kappa shape index (κ3) is 3.52. The molecule has 0 saturated heterocycles. The summed E-state index contributed by atoms with van der Waals surface area (Å²) in [5.74, 6) is 0. The summed E-state index contributed by atoms with van der Waals surface area (Å²) in [7, 11) is 0. The van der Waals surface area contributed by atoms with Gasteiger partial charge in [-0.2, -0.15) is 5.10 Å². The second-order valence-corrected chi connectivity index (χ2v) is 6.24. The van der Waals surface area contributed by atoms with Crippen LogP contribution in [0.4, 0.5) is 10.5 Å². The molecule has 1 saturated carbocycles. The topological polar surface area (TPSA) is 74.8 Å². The van der Waals surface area contributed by atoms with Crippen LogP contribution in [0.3, 0.4) is 0 Å². The number of H-pyrrole nitrogens is 1. The molecular weight excluding hydrogens is 286 g/mol. The van der Waals surface area contributed by atoms with Crippen molar-refractivity contribution in [3.8, 4) is 11.3 Å². The number of amides is 1. The molecule has 0 aliphatic heterocycles. The number of anilines is 1. The fourth-order valence-electron chi connectivity index (χ4n) is 2.02. The second-order valence-electron chi connectivity index (χ2n) is 4.97. The summed E-state index contributed by atoms with van der Waals surface area (Å²) in [6.45, 7) is 0. The van der Waals surface area contributed by atoms with E-state index >= 15 is 0 Å². The van der Waals surface area contributed by atoms with Crippen molar-refractivity contribution in [2.75, 3.05) is 5.32 Å². The highest BCUT2D eigenvalue weighted by Gasteiger charge is 2.21. The van der Waals surface area contributed by atoms with E-state index < -0.39 is 0 Å². The Kier molecular flexibility index (Phi) is 4.06. The average Bonchev–Trinajstić information content (AvgIpc) is 2.45. The molecule has 0 spiro atoms. The zero-order valence-corrected chi connectivity index (χ0v) is 12.2. The lowest BCUT2D eigenvalue weighted by molar-refractivity contribution is 0.269. The zero-order valence-electron chi connectivity index (χ0n) is 11.3. The van der Waals surface area contributed by atoms with Gasteiger partial charge >= 0.3 is 0 Å². The lowest BCUT2D eigenvalue weighted by Crippen LogP contribution is -2.18. The lowest BCUT2D eigenvalue weighted by Gasteiger charge is -2.23. The fraction of sp³-hybridized carbons (Fsp3) is 0.267. The second kappa shape index (κ2) is 6.13. The van der Waals surface area contributed by atoms with Crippen LogP contribution in [-0.2, 0) is 0 Å². The molecule has 1 aliphatic carbocycles. The summed E-state index contributed by atoms with van der Waals surface area (Å²) in [6, 6.07) is 10.5. The molecule has 1 amide bonds. The first-order valence-corrected chi connectivity index (χ1v) is 7.72. The predicted molar refractivity (Wildman–Crippen MR) is 84.5 cm³/mol. The van der Waals surface area contributed by atoms with Crippen LogP contribution < -0.4 is 10.9 Å². The van der Waals surface area contributed by atoms with Gasteiger partial charge in [0.1, 0.15) is 0 Å². The Morgan fingerprint density at radius 1 is 1.19 bits per heavy atom. The van der Waals surface area contributed by atoms with E-state index in [1.54, 1.807) is 6.07 Å². The molecule has 2 N–H and O–H groups in total. The quantitative estimate of drug-likeness (QED) is 0.912. The van der Waals surface area contributed by atoms with E-state index in [0.717, 1.165) is 24.1 Å². The number of carbonyl (C=O) groups is 1. The van der Waals surface area contributed by atoms with Crippen LogP contribution in [0.5, 0.6) is 0 Å². The third-order valence-corrected chi connectivity index (χ3v) is 4.55. The van der Waals surface area contributed by atoms with E-state index in [2.05, 4.69) is 15.5 Å². The Labute approximate surface area is 126 Å². The number of rotatable bonds is 3. The van der Waals surface area contributed by atoms with Gasteiger partial charge in [-0.25, -0.2) is 5.10 Å². The molecule has 0 bridgehead atoms. The van der Waals surface area contributed by atoms with Gasteiger partial charge in [0.2, 0.25) is 0 Å². The predicted octanol–water partition coefficient (Wildman–Crippen LogP) is 3.25. The van der Waals surface area contributed by atoms with Crippen LogP contribution in [0.15, 0.2) is 41.2 Å². The van der Waals surface area contributed by atoms with E-state index in [1.165, 1.54) is 24.2 Å². The van der Waals surface area contributed by atoms with Crippen molar-refractivity contribution in [3.05, 3.63) is 46.8 Å². The van der Waals surface area contributed by atoms with Crippen LogP contribution in [-0.4, -0.2) is 20.7 Å². The summed E-state index contributed by atoms with van der Waals surface area (Å²) < 4.78 is 0. The molecule has 108 valence electrons. The Morgan fingerprint density at radius 3 is 2.52 bits per heavy atom. The normalized spacial score (nSPS) is 14.5. The van der Waals surface area contributed by atoms with Gasteiger partial charge < -0.3 is 5.32 Å². The molecular formula is C15H15N3O2S. The van der Waals surface area contributed by atoms with E-state index in [4.69, 9.17) is 0 Å². The van der Waals surface area contributed by atoms with E-state index in [0.29, 0.717) is 10.9 Å². The molecule has 21 heavy (non-hydrogen) atoms. The van der Waals surface area contributed by atoms with E-state index in [9.17, 15) is 9.59 Å². The first-order chi connectivity index (χ1) is 10.2. The molecule has 0 atom stereocenters. The smallest absolute Gasteiger partial charge is 0.283 e. The van der Waals surface area contributed by atoms with Gasteiger partial charge in [-0.05, 0) is 31.0 Å². The van der Waals surface area contributed by atoms with Crippen molar-refractivity contribution < 1.29 is 4.79 Å². The van der Waals surface area contributed by atoms with Crippen molar-refractivity contribution >= 4 is 22.7 Å². The summed E-state index contributed by atoms with van der Waals surface area (Å²) in [5.41, 5.74) is 2.11. The van der Waals surface area contributed by atoms with Crippen LogP contribution >= 0.6 is 11.8 Å². The molecule has 1 aliphatic rings. The summed E-state index contributed by atoms with van der Waals surface area (Å²) in [6.07, 6.45) is 3.50. The van der Waals surface area contributed by atoms with Gasteiger partial charge in [-0.15, -0.1) is 0 Å². The standard InChI is InChI=1S/C15H15N3O2S/c19-14-9-8-13(17-18-14)10-4-6-11(7-5-10)16-15(20)21-12-2-1-3-12/h4-9,12H,1-3H2,(H,16,20)(H,18,19). The average molecular weight is 301 g/mol. The van der Waals surface area contributed by atoms with Gasteiger partial charge in [-0.3, -0.25) is 9.59 Å². The maximum Gasteiger partial charge on any atom is 0.283 e. The molecule has 0 radical (unpaired) electrons. The number of aromatic nitrogens is 2. The van der Waals surface area contributed by atoms with Crippen molar-refractivity contribution in [2.24, 2.45) is 0 Å². The molecule has 1 aromatic heterocycles. The maximum absolute atomic E-state index is 11.8. The van der Waals surface area contributed by atoms with Gasteiger partial charge in [0.15, 0.2) is 0 Å². The van der Waals surface area contributed by atoms with E-state index in [-0.39, 0.29) is 10.8 Å². The van der Waals surface area contributed by atoms with E-state index in [1.807, 2.05) is 24.3 Å². The molecule has 1 aromatic carbocycles. The summed E-state index contributed by atoms with van der Waals surface area (Å²) in [5, 5.41) is 9.72. The Balaban J connectivity index is 1.64. The highest BCUT2D eigenvalue weighted by atomic mass is 32.2. The maximum atomic E-state index is 11.8. The lowest BCUT2D eigenvalue weighted by atomic mass is 10.0. The Bertz CT molecular complexity index is 672. The minimum absolute atomic E-state index is 0.00499. The van der Waals surface area contributed by atoms with Crippen LogP contribution in [0, 0.1) is 0 Å². The van der Waals surface area contributed by atoms with Gasteiger partial charge in [0.05, 0.1) is 5.69 Å².